The van der Waals surface area contributed by atoms with Crippen molar-refractivity contribution in [3.63, 3.8) is 0 Å². The molecule has 0 bridgehead atoms. The van der Waals surface area contributed by atoms with E-state index in [9.17, 15) is 4.79 Å². The van der Waals surface area contributed by atoms with Gasteiger partial charge in [-0.15, -0.1) is 0 Å². The van der Waals surface area contributed by atoms with E-state index in [1.54, 1.807) is 0 Å². The first-order valence-corrected chi connectivity index (χ1v) is 9.03. The van der Waals surface area contributed by atoms with Crippen molar-refractivity contribution in [2.75, 3.05) is 0 Å². The van der Waals surface area contributed by atoms with Crippen LogP contribution in [0.25, 0.3) is 0 Å². The predicted molar refractivity (Wildman–Crippen MR) is 96.5 cm³/mol. The van der Waals surface area contributed by atoms with Gasteiger partial charge in [-0.1, -0.05) is 28.1 Å². The number of carbonyl (C=O) groups excluding carboxylic acids is 1. The number of nitrogens with one attached hydrogen (secondary N) is 2. The fourth-order valence-corrected chi connectivity index (χ4v) is 3.20. The first kappa shape index (κ1) is 18.3. The molecule has 2 N–H and O–H groups in total. The number of benzene rings is 1. The average molecular weight is 383 g/mol. The van der Waals surface area contributed by atoms with E-state index in [1.165, 1.54) is 5.56 Å². The number of alkyl carbamates (subject to hydrolysis) is 1. The van der Waals surface area contributed by atoms with E-state index in [1.807, 2.05) is 20.8 Å². The van der Waals surface area contributed by atoms with Crippen molar-refractivity contribution >= 4 is 22.0 Å². The summed E-state index contributed by atoms with van der Waals surface area (Å²) in [7, 11) is 0. The normalized spacial score (nSPS) is 22.7. The van der Waals surface area contributed by atoms with Crippen LogP contribution in [-0.2, 0) is 4.74 Å². The minimum atomic E-state index is -0.448. The highest BCUT2D eigenvalue weighted by Gasteiger charge is 2.28. The van der Waals surface area contributed by atoms with Crippen molar-refractivity contribution in [2.24, 2.45) is 0 Å². The Labute approximate surface area is 147 Å². The molecule has 128 valence electrons. The zero-order valence-corrected chi connectivity index (χ0v) is 15.9. The van der Waals surface area contributed by atoms with Crippen molar-refractivity contribution in [1.29, 1.82) is 0 Å². The van der Waals surface area contributed by atoms with Crippen LogP contribution < -0.4 is 10.6 Å². The lowest BCUT2D eigenvalue weighted by atomic mass is 10.1. The van der Waals surface area contributed by atoms with Crippen LogP contribution in [-0.4, -0.2) is 23.8 Å². The lowest BCUT2D eigenvalue weighted by Gasteiger charge is -2.22. The molecule has 1 saturated carbocycles. The fourth-order valence-electron chi connectivity index (χ4n) is 2.94. The summed E-state index contributed by atoms with van der Waals surface area (Å²) in [6, 6.07) is 9.31. The molecule has 3 unspecified atom stereocenters. The number of ether oxygens (including phenoxy) is 1. The van der Waals surface area contributed by atoms with E-state index in [4.69, 9.17) is 4.74 Å². The Morgan fingerprint density at radius 3 is 2.43 bits per heavy atom. The minimum Gasteiger partial charge on any atom is -0.444 e. The topological polar surface area (TPSA) is 50.4 Å². The van der Waals surface area contributed by atoms with E-state index < -0.39 is 5.60 Å². The summed E-state index contributed by atoms with van der Waals surface area (Å²) in [5.41, 5.74) is 0.827. The van der Waals surface area contributed by atoms with Crippen LogP contribution in [0, 0.1) is 0 Å². The Balaban J connectivity index is 1.79. The van der Waals surface area contributed by atoms with Crippen LogP contribution >= 0.6 is 15.9 Å². The highest BCUT2D eigenvalue weighted by molar-refractivity contribution is 9.10. The molecule has 23 heavy (non-hydrogen) atoms. The SMILES string of the molecule is CC(NC1CCC(NC(=O)OC(C)(C)C)C1)c1ccc(Br)cc1. The number of hydrogen-bond acceptors (Lipinski definition) is 3. The summed E-state index contributed by atoms with van der Waals surface area (Å²) >= 11 is 3.46. The molecule has 1 aliphatic carbocycles. The van der Waals surface area contributed by atoms with Gasteiger partial charge in [-0.25, -0.2) is 4.79 Å². The molecule has 5 heteroatoms. The second-order valence-corrected chi connectivity index (χ2v) is 8.21. The lowest BCUT2D eigenvalue weighted by Crippen LogP contribution is -2.39. The molecule has 0 heterocycles. The first-order valence-electron chi connectivity index (χ1n) is 8.24. The molecule has 0 radical (unpaired) electrons. The van der Waals surface area contributed by atoms with Gasteiger partial charge in [0.15, 0.2) is 0 Å². The van der Waals surface area contributed by atoms with E-state index in [0.717, 1.165) is 23.7 Å². The van der Waals surface area contributed by atoms with Crippen LogP contribution in [0.2, 0.25) is 0 Å². The van der Waals surface area contributed by atoms with E-state index in [0.29, 0.717) is 12.1 Å². The molecule has 1 aromatic carbocycles. The Hall–Kier alpha value is -1.07. The molecule has 0 spiro atoms. The molecule has 0 aromatic heterocycles. The molecule has 0 saturated heterocycles. The van der Waals surface area contributed by atoms with Crippen molar-refractivity contribution in [3.8, 4) is 0 Å². The van der Waals surface area contributed by atoms with Gasteiger partial charge in [0.1, 0.15) is 5.60 Å². The zero-order valence-electron chi connectivity index (χ0n) is 14.4. The van der Waals surface area contributed by atoms with Gasteiger partial charge < -0.3 is 15.4 Å². The molecule has 4 nitrogen and oxygen atoms in total. The quantitative estimate of drug-likeness (QED) is 0.802. The van der Waals surface area contributed by atoms with Gasteiger partial charge in [0.2, 0.25) is 0 Å². The number of rotatable bonds is 4. The summed E-state index contributed by atoms with van der Waals surface area (Å²) in [6.45, 7) is 7.82. The highest BCUT2D eigenvalue weighted by Crippen LogP contribution is 2.24. The van der Waals surface area contributed by atoms with Gasteiger partial charge >= 0.3 is 6.09 Å². The van der Waals surface area contributed by atoms with Gasteiger partial charge in [-0.05, 0) is 64.7 Å². The van der Waals surface area contributed by atoms with Crippen LogP contribution in [0.1, 0.15) is 58.6 Å². The standard InChI is InChI=1S/C18H27BrN2O2/c1-12(13-5-7-14(19)8-6-13)20-15-9-10-16(11-15)21-17(22)23-18(2,3)4/h5-8,12,15-16,20H,9-11H2,1-4H3,(H,21,22). The van der Waals surface area contributed by atoms with E-state index in [-0.39, 0.29) is 12.1 Å². The monoisotopic (exact) mass is 382 g/mol. The second-order valence-electron chi connectivity index (χ2n) is 7.29. The van der Waals surface area contributed by atoms with Gasteiger partial charge in [0.25, 0.3) is 0 Å². The molecule has 1 amide bonds. The van der Waals surface area contributed by atoms with Crippen LogP contribution in [0.4, 0.5) is 4.79 Å². The fraction of sp³-hybridized carbons (Fsp3) is 0.611. The maximum Gasteiger partial charge on any atom is 0.407 e. The largest absolute Gasteiger partial charge is 0.444 e. The number of amides is 1. The average Bonchev–Trinajstić information content (AvgIpc) is 2.84. The van der Waals surface area contributed by atoms with Crippen molar-refractivity contribution < 1.29 is 9.53 Å². The molecular formula is C18H27BrN2O2. The minimum absolute atomic E-state index is 0.194. The number of carbonyl (C=O) groups is 1. The van der Waals surface area contributed by atoms with Crippen LogP contribution in [0.5, 0.6) is 0 Å². The lowest BCUT2D eigenvalue weighted by molar-refractivity contribution is 0.0505. The summed E-state index contributed by atoms with van der Waals surface area (Å²) in [6.07, 6.45) is 2.69. The molecule has 2 rings (SSSR count). The summed E-state index contributed by atoms with van der Waals surface area (Å²) in [5, 5.41) is 6.64. The van der Waals surface area contributed by atoms with Crippen LogP contribution in [0.3, 0.4) is 0 Å². The molecule has 1 aliphatic rings. The molecule has 1 aromatic rings. The van der Waals surface area contributed by atoms with Crippen molar-refractivity contribution in [1.82, 2.24) is 10.6 Å². The Kier molecular flexibility index (Phi) is 6.09. The van der Waals surface area contributed by atoms with Gasteiger partial charge in [0, 0.05) is 22.6 Å². The molecule has 1 fully saturated rings. The van der Waals surface area contributed by atoms with Gasteiger partial charge in [0.05, 0.1) is 0 Å². The van der Waals surface area contributed by atoms with Crippen molar-refractivity contribution in [3.05, 3.63) is 34.3 Å². The smallest absolute Gasteiger partial charge is 0.407 e. The maximum atomic E-state index is 11.8. The van der Waals surface area contributed by atoms with Crippen molar-refractivity contribution in [2.45, 2.75) is 70.7 Å². The third-order valence-electron chi connectivity index (χ3n) is 4.01. The molecule has 0 aliphatic heterocycles. The van der Waals surface area contributed by atoms with E-state index >= 15 is 0 Å². The van der Waals surface area contributed by atoms with Gasteiger partial charge in [-0.3, -0.25) is 0 Å². The summed E-state index contributed by atoms with van der Waals surface area (Å²) < 4.78 is 6.42. The number of hydrogen-bond donors (Lipinski definition) is 2. The zero-order chi connectivity index (χ0) is 17.0. The third-order valence-corrected chi connectivity index (χ3v) is 4.54. The Morgan fingerprint density at radius 2 is 1.83 bits per heavy atom. The summed E-state index contributed by atoms with van der Waals surface area (Å²) in [4.78, 5) is 11.8. The molecular weight excluding hydrogens is 356 g/mol. The molecule has 3 atom stereocenters. The predicted octanol–water partition coefficient (Wildman–Crippen LogP) is 4.55. The maximum absolute atomic E-state index is 11.8. The van der Waals surface area contributed by atoms with E-state index in [2.05, 4.69) is 57.8 Å². The third kappa shape index (κ3) is 6.15. The summed E-state index contributed by atoms with van der Waals surface area (Å²) in [5.74, 6) is 0. The number of halogens is 1. The Morgan fingerprint density at radius 1 is 1.22 bits per heavy atom. The van der Waals surface area contributed by atoms with Crippen LogP contribution in [0.15, 0.2) is 28.7 Å². The second kappa shape index (κ2) is 7.67. The first-order chi connectivity index (χ1) is 10.7. The highest BCUT2D eigenvalue weighted by atomic mass is 79.9. The van der Waals surface area contributed by atoms with Gasteiger partial charge in [-0.2, -0.15) is 0 Å². The Bertz CT molecular complexity index is 525.